The zero-order valence-electron chi connectivity index (χ0n) is 22.4. The van der Waals surface area contributed by atoms with Crippen molar-refractivity contribution in [2.75, 3.05) is 10.8 Å². The first-order valence-electron chi connectivity index (χ1n) is 12.5. The van der Waals surface area contributed by atoms with Crippen molar-refractivity contribution >= 4 is 50.7 Å². The molecule has 0 heterocycles. The van der Waals surface area contributed by atoms with Gasteiger partial charge >= 0.3 is 0 Å². The topological polar surface area (TPSA) is 86.8 Å². The smallest absolute Gasteiger partial charge is 0.264 e. The summed E-state index contributed by atoms with van der Waals surface area (Å²) in [5, 5.41) is 3.77. The van der Waals surface area contributed by atoms with Crippen molar-refractivity contribution < 1.29 is 18.0 Å². The van der Waals surface area contributed by atoms with E-state index in [1.165, 1.54) is 29.2 Å². The highest BCUT2D eigenvalue weighted by molar-refractivity contribution is 7.92. The number of rotatable bonds is 10. The van der Waals surface area contributed by atoms with Crippen molar-refractivity contribution in [1.29, 1.82) is 0 Å². The average Bonchev–Trinajstić information content (AvgIpc) is 2.87. The summed E-state index contributed by atoms with van der Waals surface area (Å²) in [4.78, 5) is 28.7. The molecule has 208 valence electrons. The molecule has 10 heteroatoms. The summed E-state index contributed by atoms with van der Waals surface area (Å²) in [6, 6.07) is 20.3. The second-order valence-corrected chi connectivity index (χ2v) is 12.8. The van der Waals surface area contributed by atoms with Crippen LogP contribution in [0.15, 0.2) is 83.8 Å². The molecule has 2 amide bonds. The first-order valence-corrected chi connectivity index (χ1v) is 14.7. The van der Waals surface area contributed by atoms with Crippen LogP contribution >= 0.6 is 23.2 Å². The van der Waals surface area contributed by atoms with E-state index in [1.54, 1.807) is 61.5 Å². The van der Waals surface area contributed by atoms with Crippen LogP contribution in [0.4, 0.5) is 5.69 Å². The molecule has 0 aliphatic rings. The van der Waals surface area contributed by atoms with Crippen LogP contribution in [0, 0.1) is 0 Å². The van der Waals surface area contributed by atoms with Crippen LogP contribution in [-0.2, 0) is 26.2 Å². The summed E-state index contributed by atoms with van der Waals surface area (Å²) in [5.41, 5.74) is 0.421. The Kier molecular flexibility index (Phi) is 10.0. The maximum Gasteiger partial charge on any atom is 0.264 e. The van der Waals surface area contributed by atoms with E-state index in [2.05, 4.69) is 5.32 Å². The number of sulfonamides is 1. The normalized spacial score (nSPS) is 12.5. The maximum atomic E-state index is 14.0. The molecule has 39 heavy (non-hydrogen) atoms. The SMILES string of the molecule is CC[C@H](C(=O)NC(C)(C)C)N(Cc1ccccc1Cl)C(=O)CN(c1ccccc1)S(=O)(=O)c1ccc(Cl)cc1. The second-order valence-electron chi connectivity index (χ2n) is 10.1. The fourth-order valence-corrected chi connectivity index (χ4v) is 5.77. The Morgan fingerprint density at radius 1 is 0.897 bits per heavy atom. The first-order chi connectivity index (χ1) is 18.3. The molecule has 0 fully saturated rings. The molecule has 0 bridgehead atoms. The van der Waals surface area contributed by atoms with Crippen LogP contribution in [0.2, 0.25) is 10.0 Å². The number of nitrogens with one attached hydrogen (secondary N) is 1. The Labute approximate surface area is 240 Å². The van der Waals surface area contributed by atoms with Gasteiger partial charge in [0.25, 0.3) is 10.0 Å². The van der Waals surface area contributed by atoms with Crippen molar-refractivity contribution in [3.8, 4) is 0 Å². The van der Waals surface area contributed by atoms with E-state index in [0.29, 0.717) is 27.7 Å². The molecule has 1 N–H and O–H groups in total. The number of halogens is 2. The molecule has 3 aromatic rings. The molecule has 3 rings (SSSR count). The molecule has 0 aliphatic carbocycles. The zero-order chi connectivity index (χ0) is 28.8. The second kappa shape index (κ2) is 12.9. The Hall–Kier alpha value is -3.07. The van der Waals surface area contributed by atoms with Crippen molar-refractivity contribution in [3.05, 3.63) is 94.5 Å². The molecule has 1 atom stereocenters. The fraction of sp³-hybridized carbons (Fsp3) is 0.310. The number of hydrogen-bond acceptors (Lipinski definition) is 4. The average molecular weight is 591 g/mol. The maximum absolute atomic E-state index is 14.0. The quantitative estimate of drug-likeness (QED) is 0.318. The lowest BCUT2D eigenvalue weighted by molar-refractivity contribution is -0.141. The van der Waals surface area contributed by atoms with Crippen LogP contribution in [0.25, 0.3) is 0 Å². The van der Waals surface area contributed by atoms with Crippen LogP contribution in [0.5, 0.6) is 0 Å². The van der Waals surface area contributed by atoms with Crippen LogP contribution in [0.3, 0.4) is 0 Å². The molecule has 0 saturated carbocycles. The minimum atomic E-state index is -4.16. The van der Waals surface area contributed by atoms with E-state index in [9.17, 15) is 18.0 Å². The molecule has 0 radical (unpaired) electrons. The van der Waals surface area contributed by atoms with Gasteiger partial charge in [-0.2, -0.15) is 0 Å². The Balaban J connectivity index is 2.06. The van der Waals surface area contributed by atoms with Gasteiger partial charge in [-0.1, -0.05) is 66.5 Å². The third kappa shape index (κ3) is 7.97. The third-order valence-corrected chi connectivity index (χ3v) is 8.32. The predicted octanol–water partition coefficient (Wildman–Crippen LogP) is 5.91. The van der Waals surface area contributed by atoms with Gasteiger partial charge in [0.1, 0.15) is 12.6 Å². The van der Waals surface area contributed by atoms with E-state index >= 15 is 0 Å². The van der Waals surface area contributed by atoms with Crippen molar-refractivity contribution in [2.45, 2.75) is 57.1 Å². The van der Waals surface area contributed by atoms with Gasteiger partial charge in [0, 0.05) is 22.1 Å². The number of amides is 2. The van der Waals surface area contributed by atoms with E-state index in [0.717, 1.165) is 4.31 Å². The van der Waals surface area contributed by atoms with Gasteiger partial charge < -0.3 is 10.2 Å². The fourth-order valence-electron chi connectivity index (χ4n) is 4.04. The summed E-state index contributed by atoms with van der Waals surface area (Å²) >= 11 is 12.4. The third-order valence-electron chi connectivity index (χ3n) is 5.91. The Morgan fingerprint density at radius 3 is 2.05 bits per heavy atom. The van der Waals surface area contributed by atoms with Crippen molar-refractivity contribution in [2.24, 2.45) is 0 Å². The van der Waals surface area contributed by atoms with E-state index < -0.39 is 34.1 Å². The summed E-state index contributed by atoms with van der Waals surface area (Å²) in [6.45, 7) is 6.87. The summed E-state index contributed by atoms with van der Waals surface area (Å²) < 4.78 is 28.6. The zero-order valence-corrected chi connectivity index (χ0v) is 24.7. The summed E-state index contributed by atoms with van der Waals surface area (Å²) in [6.07, 6.45) is 0.313. The number of carbonyl (C=O) groups is 2. The van der Waals surface area contributed by atoms with Crippen LogP contribution < -0.4 is 9.62 Å². The van der Waals surface area contributed by atoms with Gasteiger partial charge in [0.15, 0.2) is 0 Å². The lowest BCUT2D eigenvalue weighted by atomic mass is 10.1. The van der Waals surface area contributed by atoms with Gasteiger partial charge in [0.05, 0.1) is 10.6 Å². The molecule has 0 aromatic heterocycles. The van der Waals surface area contributed by atoms with Gasteiger partial charge in [-0.05, 0) is 75.2 Å². The highest BCUT2D eigenvalue weighted by Gasteiger charge is 2.34. The van der Waals surface area contributed by atoms with Crippen LogP contribution in [0.1, 0.15) is 39.7 Å². The number of para-hydroxylation sites is 1. The highest BCUT2D eigenvalue weighted by Crippen LogP contribution is 2.26. The summed E-state index contributed by atoms with van der Waals surface area (Å²) in [7, 11) is -4.16. The van der Waals surface area contributed by atoms with E-state index in [4.69, 9.17) is 23.2 Å². The lowest BCUT2D eigenvalue weighted by Gasteiger charge is -2.35. The van der Waals surface area contributed by atoms with Gasteiger partial charge in [-0.25, -0.2) is 8.42 Å². The summed E-state index contributed by atoms with van der Waals surface area (Å²) in [5.74, 6) is -0.885. The molecule has 0 spiro atoms. The molecular weight excluding hydrogens is 557 g/mol. The standard InChI is InChI=1S/C29H33Cl2N3O4S/c1-5-26(28(36)32-29(2,3)4)33(19-21-11-9-10-14-25(21)31)27(35)20-34(23-12-7-6-8-13-23)39(37,38)24-17-15-22(30)16-18-24/h6-18,26H,5,19-20H2,1-4H3,(H,32,36)/t26-/m1/s1. The monoisotopic (exact) mass is 589 g/mol. The highest BCUT2D eigenvalue weighted by atomic mass is 35.5. The van der Waals surface area contributed by atoms with Crippen molar-refractivity contribution in [1.82, 2.24) is 10.2 Å². The molecule has 3 aromatic carbocycles. The van der Waals surface area contributed by atoms with Crippen molar-refractivity contribution in [3.63, 3.8) is 0 Å². The number of benzene rings is 3. The molecule has 0 saturated heterocycles. The van der Waals surface area contributed by atoms with Gasteiger partial charge in [0.2, 0.25) is 11.8 Å². The largest absolute Gasteiger partial charge is 0.350 e. The number of hydrogen-bond donors (Lipinski definition) is 1. The first kappa shape index (κ1) is 30.5. The predicted molar refractivity (Wildman–Crippen MR) is 156 cm³/mol. The minimum absolute atomic E-state index is 0.0151. The van der Waals surface area contributed by atoms with Crippen LogP contribution in [-0.4, -0.2) is 43.3 Å². The molecule has 7 nitrogen and oxygen atoms in total. The number of carbonyl (C=O) groups excluding carboxylic acids is 2. The Bertz CT molecular complexity index is 1390. The van der Waals surface area contributed by atoms with E-state index in [-0.39, 0.29) is 17.3 Å². The molecule has 0 unspecified atom stereocenters. The number of nitrogens with zero attached hydrogens (tertiary/aromatic N) is 2. The van der Waals surface area contributed by atoms with Gasteiger partial charge in [-0.15, -0.1) is 0 Å². The molecular formula is C29H33Cl2N3O4S. The van der Waals surface area contributed by atoms with E-state index in [1.807, 2.05) is 20.8 Å². The lowest BCUT2D eigenvalue weighted by Crippen LogP contribution is -2.55. The Morgan fingerprint density at radius 2 is 1.49 bits per heavy atom. The van der Waals surface area contributed by atoms with Gasteiger partial charge in [-0.3, -0.25) is 13.9 Å². The minimum Gasteiger partial charge on any atom is -0.350 e. The molecule has 0 aliphatic heterocycles. The number of anilines is 1.